The van der Waals surface area contributed by atoms with E-state index in [2.05, 4.69) is 44.2 Å². The summed E-state index contributed by atoms with van der Waals surface area (Å²) in [6, 6.07) is 8.54. The Hall–Kier alpha value is -2.43. The average molecular weight is 265 g/mol. The summed E-state index contributed by atoms with van der Waals surface area (Å²) >= 11 is 0. The Morgan fingerprint density at radius 1 is 1.15 bits per heavy atom. The maximum absolute atomic E-state index is 4.50. The van der Waals surface area contributed by atoms with E-state index in [4.69, 9.17) is 0 Å². The van der Waals surface area contributed by atoms with Gasteiger partial charge in [0.05, 0.1) is 11.6 Å². The van der Waals surface area contributed by atoms with Crippen LogP contribution in [-0.2, 0) is 13.5 Å². The lowest BCUT2D eigenvalue weighted by Crippen LogP contribution is -2.25. The number of para-hydroxylation sites is 1. The van der Waals surface area contributed by atoms with Gasteiger partial charge in [0, 0.05) is 19.3 Å². The summed E-state index contributed by atoms with van der Waals surface area (Å²) in [5.74, 6) is 0.954. The van der Waals surface area contributed by atoms with Crippen molar-refractivity contribution >= 4 is 22.5 Å². The number of fused-ring (bicyclic) bond motifs is 2. The van der Waals surface area contributed by atoms with Gasteiger partial charge in [0.15, 0.2) is 5.65 Å². The molecular weight excluding hydrogens is 250 g/mol. The molecule has 5 nitrogen and oxygen atoms in total. The van der Waals surface area contributed by atoms with Gasteiger partial charge >= 0.3 is 0 Å². The Kier molecular flexibility index (Phi) is 2.45. The molecule has 0 saturated carbocycles. The predicted molar refractivity (Wildman–Crippen MR) is 78.1 cm³/mol. The number of rotatable bonds is 1. The topological polar surface area (TPSA) is 46.8 Å². The Bertz CT molecular complexity index is 777. The Balaban J connectivity index is 1.92. The lowest BCUT2D eigenvalue weighted by atomic mass is 10.0. The zero-order valence-corrected chi connectivity index (χ0v) is 11.3. The van der Waals surface area contributed by atoms with Crippen LogP contribution in [0.3, 0.4) is 0 Å². The normalized spacial score (nSPS) is 14.6. The molecule has 1 aliphatic heterocycles. The summed E-state index contributed by atoms with van der Waals surface area (Å²) in [7, 11) is 1.91. The molecule has 100 valence electrons. The molecule has 1 aromatic carbocycles. The summed E-state index contributed by atoms with van der Waals surface area (Å²) in [5.41, 5.74) is 3.51. The first kappa shape index (κ1) is 11.4. The van der Waals surface area contributed by atoms with E-state index in [1.165, 1.54) is 11.3 Å². The predicted octanol–water partition coefficient (Wildman–Crippen LogP) is 2.45. The van der Waals surface area contributed by atoms with Gasteiger partial charge in [-0.25, -0.2) is 9.97 Å². The fourth-order valence-electron chi connectivity index (χ4n) is 2.92. The van der Waals surface area contributed by atoms with Gasteiger partial charge < -0.3 is 4.90 Å². The van der Waals surface area contributed by atoms with Crippen molar-refractivity contribution in [1.29, 1.82) is 0 Å². The quantitative estimate of drug-likeness (QED) is 0.678. The van der Waals surface area contributed by atoms with Crippen LogP contribution in [0.15, 0.2) is 36.8 Å². The monoisotopic (exact) mass is 265 g/mol. The van der Waals surface area contributed by atoms with Crippen LogP contribution in [0.4, 0.5) is 11.5 Å². The zero-order valence-electron chi connectivity index (χ0n) is 11.3. The standard InChI is InChI=1S/C15H15N5/c1-19-14-12(9-18-19)15(17-10-16-14)20-8-4-6-11-5-2-3-7-13(11)20/h2-3,5,7,9-10H,4,6,8H2,1H3. The molecule has 0 amide bonds. The third kappa shape index (κ3) is 1.59. The molecule has 1 aliphatic rings. The highest BCUT2D eigenvalue weighted by atomic mass is 15.3. The van der Waals surface area contributed by atoms with E-state index in [1.807, 2.05) is 13.2 Å². The molecular formula is C15H15N5. The molecule has 0 radical (unpaired) electrons. The molecule has 0 aliphatic carbocycles. The van der Waals surface area contributed by atoms with Gasteiger partial charge in [-0.2, -0.15) is 5.10 Å². The van der Waals surface area contributed by atoms with E-state index in [0.717, 1.165) is 36.2 Å². The molecule has 2 aromatic heterocycles. The Morgan fingerprint density at radius 2 is 2.05 bits per heavy atom. The van der Waals surface area contributed by atoms with E-state index in [-0.39, 0.29) is 0 Å². The third-order valence-corrected chi connectivity index (χ3v) is 3.87. The maximum Gasteiger partial charge on any atom is 0.163 e. The van der Waals surface area contributed by atoms with E-state index in [9.17, 15) is 0 Å². The van der Waals surface area contributed by atoms with Crippen LogP contribution in [0, 0.1) is 0 Å². The molecule has 0 bridgehead atoms. The van der Waals surface area contributed by atoms with E-state index >= 15 is 0 Å². The van der Waals surface area contributed by atoms with Crippen LogP contribution in [0.2, 0.25) is 0 Å². The molecule has 0 N–H and O–H groups in total. The number of anilines is 2. The summed E-state index contributed by atoms with van der Waals surface area (Å²) in [5, 5.41) is 5.30. The van der Waals surface area contributed by atoms with Gasteiger partial charge in [-0.05, 0) is 24.5 Å². The SMILES string of the molecule is Cn1ncc2c(N3CCCc4ccccc43)ncnc21. The second-order valence-electron chi connectivity index (χ2n) is 5.09. The number of aromatic nitrogens is 4. The van der Waals surface area contributed by atoms with E-state index in [1.54, 1.807) is 11.0 Å². The minimum Gasteiger partial charge on any atom is -0.325 e. The van der Waals surface area contributed by atoms with Crippen LogP contribution in [0.1, 0.15) is 12.0 Å². The molecule has 4 rings (SSSR count). The van der Waals surface area contributed by atoms with Gasteiger partial charge in [-0.3, -0.25) is 4.68 Å². The Morgan fingerprint density at radius 3 is 3.00 bits per heavy atom. The molecule has 0 fully saturated rings. The van der Waals surface area contributed by atoms with Crippen molar-refractivity contribution in [3.8, 4) is 0 Å². The smallest absolute Gasteiger partial charge is 0.163 e. The van der Waals surface area contributed by atoms with Crippen molar-refractivity contribution in [2.45, 2.75) is 12.8 Å². The van der Waals surface area contributed by atoms with Crippen molar-refractivity contribution in [3.63, 3.8) is 0 Å². The molecule has 5 heteroatoms. The van der Waals surface area contributed by atoms with Gasteiger partial charge in [0.1, 0.15) is 12.1 Å². The average Bonchev–Trinajstić information content (AvgIpc) is 2.88. The highest BCUT2D eigenvalue weighted by Gasteiger charge is 2.21. The third-order valence-electron chi connectivity index (χ3n) is 3.87. The number of hydrogen-bond donors (Lipinski definition) is 0. The molecule has 3 heterocycles. The van der Waals surface area contributed by atoms with Crippen molar-refractivity contribution in [3.05, 3.63) is 42.4 Å². The summed E-state index contributed by atoms with van der Waals surface area (Å²) in [6.45, 7) is 0.984. The van der Waals surface area contributed by atoms with Crippen LogP contribution < -0.4 is 4.90 Å². The zero-order chi connectivity index (χ0) is 13.5. The van der Waals surface area contributed by atoms with Crippen LogP contribution in [-0.4, -0.2) is 26.3 Å². The number of aryl methyl sites for hydroxylation is 2. The van der Waals surface area contributed by atoms with Gasteiger partial charge in [-0.15, -0.1) is 0 Å². The second kappa shape index (κ2) is 4.30. The summed E-state index contributed by atoms with van der Waals surface area (Å²) in [6.07, 6.45) is 5.75. The maximum atomic E-state index is 4.50. The van der Waals surface area contributed by atoms with Crippen LogP contribution >= 0.6 is 0 Å². The van der Waals surface area contributed by atoms with E-state index < -0.39 is 0 Å². The van der Waals surface area contributed by atoms with Crippen molar-refractivity contribution in [1.82, 2.24) is 19.7 Å². The van der Waals surface area contributed by atoms with Gasteiger partial charge in [0.25, 0.3) is 0 Å². The van der Waals surface area contributed by atoms with Crippen LogP contribution in [0.5, 0.6) is 0 Å². The minimum absolute atomic E-state index is 0.873. The fourth-order valence-corrected chi connectivity index (χ4v) is 2.92. The number of benzene rings is 1. The van der Waals surface area contributed by atoms with Gasteiger partial charge in [0.2, 0.25) is 0 Å². The Labute approximate surface area is 116 Å². The molecule has 0 spiro atoms. The highest BCUT2D eigenvalue weighted by Crippen LogP contribution is 2.34. The van der Waals surface area contributed by atoms with Crippen molar-refractivity contribution < 1.29 is 0 Å². The second-order valence-corrected chi connectivity index (χ2v) is 5.09. The fraction of sp³-hybridized carbons (Fsp3) is 0.267. The molecule has 3 aromatic rings. The molecule has 0 unspecified atom stereocenters. The number of nitrogens with zero attached hydrogens (tertiary/aromatic N) is 5. The van der Waals surface area contributed by atoms with Gasteiger partial charge in [-0.1, -0.05) is 18.2 Å². The molecule has 0 atom stereocenters. The summed E-state index contributed by atoms with van der Waals surface area (Å²) in [4.78, 5) is 11.1. The minimum atomic E-state index is 0.873. The van der Waals surface area contributed by atoms with Crippen molar-refractivity contribution in [2.24, 2.45) is 7.05 Å². The molecule has 20 heavy (non-hydrogen) atoms. The first-order valence-electron chi connectivity index (χ1n) is 6.83. The summed E-state index contributed by atoms with van der Waals surface area (Å²) < 4.78 is 1.79. The first-order chi connectivity index (χ1) is 9.84. The number of hydrogen-bond acceptors (Lipinski definition) is 4. The highest BCUT2D eigenvalue weighted by molar-refractivity contribution is 5.89. The lowest BCUT2D eigenvalue weighted by Gasteiger charge is -2.30. The van der Waals surface area contributed by atoms with Crippen LogP contribution in [0.25, 0.3) is 11.0 Å². The molecule has 0 saturated heterocycles. The van der Waals surface area contributed by atoms with E-state index in [0.29, 0.717) is 0 Å². The lowest BCUT2D eigenvalue weighted by molar-refractivity contribution is 0.760. The largest absolute Gasteiger partial charge is 0.325 e. The van der Waals surface area contributed by atoms with Crippen molar-refractivity contribution in [2.75, 3.05) is 11.4 Å². The first-order valence-corrected chi connectivity index (χ1v) is 6.83.